The first kappa shape index (κ1) is 18.9. The van der Waals surface area contributed by atoms with Gasteiger partial charge in [0.05, 0.1) is 32.0 Å². The van der Waals surface area contributed by atoms with E-state index in [1.165, 1.54) is 7.11 Å². The van der Waals surface area contributed by atoms with Gasteiger partial charge < -0.3 is 19.7 Å². The number of rotatable bonds is 4. The normalized spacial score (nSPS) is 17.7. The van der Waals surface area contributed by atoms with Gasteiger partial charge in [-0.05, 0) is 17.7 Å². The molecule has 0 aliphatic carbocycles. The number of ether oxygens (including phenoxy) is 2. The summed E-state index contributed by atoms with van der Waals surface area (Å²) in [4.78, 5) is 18.1. The van der Waals surface area contributed by atoms with Crippen LogP contribution in [0.25, 0.3) is 0 Å². The van der Waals surface area contributed by atoms with Crippen molar-refractivity contribution in [2.75, 3.05) is 33.9 Å². The number of carbonyl (C=O) groups excluding carboxylic acids is 1. The number of nitrogens with one attached hydrogen (secondary N) is 1. The maximum atomic E-state index is 11.5. The van der Waals surface area contributed by atoms with Crippen molar-refractivity contribution in [2.24, 2.45) is 12.0 Å². The van der Waals surface area contributed by atoms with Crippen molar-refractivity contribution in [1.82, 2.24) is 20.0 Å². The fourth-order valence-corrected chi connectivity index (χ4v) is 3.04. The van der Waals surface area contributed by atoms with E-state index in [0.29, 0.717) is 25.3 Å². The van der Waals surface area contributed by atoms with E-state index in [-0.39, 0.29) is 12.1 Å². The highest BCUT2D eigenvalue weighted by Gasteiger charge is 2.25. The number of aromatic nitrogens is 2. The molecule has 1 aromatic heterocycles. The molecule has 8 heteroatoms. The van der Waals surface area contributed by atoms with E-state index in [1.54, 1.807) is 23.9 Å². The van der Waals surface area contributed by atoms with Gasteiger partial charge in [-0.1, -0.05) is 12.1 Å². The molecule has 0 radical (unpaired) electrons. The average Bonchev–Trinajstić information content (AvgIpc) is 3.15. The number of methoxy groups -OCH3 is 1. The second-order valence-corrected chi connectivity index (χ2v) is 6.34. The molecular formula is C19H25N5O3. The van der Waals surface area contributed by atoms with Gasteiger partial charge in [-0.25, -0.2) is 4.79 Å². The van der Waals surface area contributed by atoms with Crippen molar-refractivity contribution < 1.29 is 14.3 Å². The zero-order chi connectivity index (χ0) is 19.2. The highest BCUT2D eigenvalue weighted by molar-refractivity contribution is 5.89. The van der Waals surface area contributed by atoms with Crippen LogP contribution in [-0.2, 0) is 23.1 Å². The molecule has 1 atom stereocenters. The molecular weight excluding hydrogens is 346 g/mol. The van der Waals surface area contributed by atoms with E-state index in [4.69, 9.17) is 9.47 Å². The lowest BCUT2D eigenvalue weighted by Gasteiger charge is -2.34. The third-order valence-corrected chi connectivity index (χ3v) is 4.50. The maximum Gasteiger partial charge on any atom is 0.337 e. The van der Waals surface area contributed by atoms with Crippen molar-refractivity contribution >= 4 is 11.9 Å². The Labute approximate surface area is 158 Å². The summed E-state index contributed by atoms with van der Waals surface area (Å²) in [5.74, 6) is 0.490. The summed E-state index contributed by atoms with van der Waals surface area (Å²) in [5, 5.41) is 7.60. The third-order valence-electron chi connectivity index (χ3n) is 4.50. The minimum absolute atomic E-state index is 0.0228. The monoisotopic (exact) mass is 371 g/mol. The highest BCUT2D eigenvalue weighted by Crippen LogP contribution is 2.21. The van der Waals surface area contributed by atoms with Crippen molar-refractivity contribution in [2.45, 2.75) is 12.6 Å². The van der Waals surface area contributed by atoms with Crippen LogP contribution >= 0.6 is 0 Å². The number of esters is 1. The number of hydrogen-bond acceptors (Lipinski definition) is 5. The Morgan fingerprint density at radius 3 is 2.81 bits per heavy atom. The minimum atomic E-state index is -0.333. The molecule has 0 bridgehead atoms. The van der Waals surface area contributed by atoms with Gasteiger partial charge in [0.15, 0.2) is 5.96 Å². The number of aryl methyl sites for hydroxylation is 1. The average molecular weight is 371 g/mol. The van der Waals surface area contributed by atoms with Gasteiger partial charge in [0.1, 0.15) is 6.10 Å². The summed E-state index contributed by atoms with van der Waals surface area (Å²) >= 11 is 0. The van der Waals surface area contributed by atoms with Crippen LogP contribution in [-0.4, -0.2) is 60.5 Å². The lowest BCUT2D eigenvalue weighted by molar-refractivity contribution is -0.00805. The number of benzene rings is 1. The van der Waals surface area contributed by atoms with Crippen LogP contribution in [0.4, 0.5) is 0 Å². The molecule has 1 N–H and O–H groups in total. The van der Waals surface area contributed by atoms with Gasteiger partial charge in [0.2, 0.25) is 0 Å². The van der Waals surface area contributed by atoms with Crippen LogP contribution in [0.1, 0.15) is 27.6 Å². The highest BCUT2D eigenvalue weighted by atomic mass is 16.5. The summed E-state index contributed by atoms with van der Waals surface area (Å²) in [6, 6.07) is 7.34. The maximum absolute atomic E-state index is 11.5. The second-order valence-electron chi connectivity index (χ2n) is 6.34. The topological polar surface area (TPSA) is 81.0 Å². The van der Waals surface area contributed by atoms with E-state index in [0.717, 1.165) is 23.6 Å². The van der Waals surface area contributed by atoms with E-state index in [2.05, 4.69) is 20.3 Å². The van der Waals surface area contributed by atoms with Gasteiger partial charge in [-0.2, -0.15) is 5.10 Å². The lowest BCUT2D eigenvalue weighted by atomic mass is 10.1. The van der Waals surface area contributed by atoms with Gasteiger partial charge in [0, 0.05) is 38.9 Å². The first-order valence-corrected chi connectivity index (χ1v) is 8.83. The quantitative estimate of drug-likeness (QED) is 0.497. The Bertz CT molecular complexity index is 800. The molecule has 1 fully saturated rings. The Morgan fingerprint density at radius 2 is 2.19 bits per heavy atom. The second kappa shape index (κ2) is 8.68. The molecule has 1 aromatic carbocycles. The van der Waals surface area contributed by atoms with Crippen LogP contribution < -0.4 is 5.32 Å². The molecule has 27 heavy (non-hydrogen) atoms. The van der Waals surface area contributed by atoms with Crippen LogP contribution in [0.2, 0.25) is 0 Å². The fraction of sp³-hybridized carbons (Fsp3) is 0.421. The first-order valence-electron chi connectivity index (χ1n) is 8.83. The summed E-state index contributed by atoms with van der Waals surface area (Å²) in [6.07, 6.45) is 3.80. The SMILES string of the molecule is CN=C(NCc1ccc(C(=O)OC)cc1)N1CCOC(c2cnn(C)c2)C1. The molecule has 3 rings (SSSR count). The number of carbonyl (C=O) groups is 1. The summed E-state index contributed by atoms with van der Waals surface area (Å²) in [7, 11) is 5.05. The molecule has 0 amide bonds. The van der Waals surface area contributed by atoms with E-state index in [9.17, 15) is 4.79 Å². The summed E-state index contributed by atoms with van der Waals surface area (Å²) in [5.41, 5.74) is 2.66. The first-order chi connectivity index (χ1) is 13.1. The standard InChI is InChI=1S/C19H25N5O3/c1-20-19(21-10-14-4-6-15(7-5-14)18(25)26-3)24-8-9-27-17(13-24)16-11-22-23(2)12-16/h4-7,11-12,17H,8-10,13H2,1-3H3,(H,20,21). The largest absolute Gasteiger partial charge is 0.465 e. The smallest absolute Gasteiger partial charge is 0.337 e. The molecule has 1 aliphatic heterocycles. The Balaban J connectivity index is 1.59. The van der Waals surface area contributed by atoms with E-state index >= 15 is 0 Å². The Kier molecular flexibility index (Phi) is 6.08. The van der Waals surface area contributed by atoms with Crippen LogP contribution in [0.5, 0.6) is 0 Å². The predicted molar refractivity (Wildman–Crippen MR) is 101 cm³/mol. The van der Waals surface area contributed by atoms with Crippen LogP contribution in [0.3, 0.4) is 0 Å². The number of morpholine rings is 1. The molecule has 144 valence electrons. The zero-order valence-electron chi connectivity index (χ0n) is 15.9. The fourth-order valence-electron chi connectivity index (χ4n) is 3.04. The molecule has 0 saturated carbocycles. The van der Waals surface area contributed by atoms with Crippen molar-refractivity contribution in [3.8, 4) is 0 Å². The summed E-state index contributed by atoms with van der Waals surface area (Å²) in [6.45, 7) is 2.74. The lowest BCUT2D eigenvalue weighted by Crippen LogP contribution is -2.47. The van der Waals surface area contributed by atoms with Crippen molar-refractivity contribution in [1.29, 1.82) is 0 Å². The van der Waals surface area contributed by atoms with E-state index < -0.39 is 0 Å². The molecule has 2 aromatic rings. The van der Waals surface area contributed by atoms with Crippen LogP contribution in [0.15, 0.2) is 41.7 Å². The molecule has 2 heterocycles. The Hall–Kier alpha value is -2.87. The van der Waals surface area contributed by atoms with Crippen molar-refractivity contribution in [3.05, 3.63) is 53.3 Å². The Morgan fingerprint density at radius 1 is 1.41 bits per heavy atom. The van der Waals surface area contributed by atoms with Gasteiger partial charge in [-0.15, -0.1) is 0 Å². The molecule has 1 saturated heterocycles. The van der Waals surface area contributed by atoms with Crippen molar-refractivity contribution in [3.63, 3.8) is 0 Å². The number of nitrogens with zero attached hydrogens (tertiary/aromatic N) is 4. The minimum Gasteiger partial charge on any atom is -0.465 e. The molecule has 1 unspecified atom stereocenters. The van der Waals surface area contributed by atoms with Crippen LogP contribution in [0, 0.1) is 0 Å². The zero-order valence-corrected chi connectivity index (χ0v) is 15.9. The van der Waals surface area contributed by atoms with Gasteiger partial charge in [-0.3, -0.25) is 9.67 Å². The third kappa shape index (κ3) is 4.65. The van der Waals surface area contributed by atoms with Gasteiger partial charge in [0.25, 0.3) is 0 Å². The predicted octanol–water partition coefficient (Wildman–Crippen LogP) is 1.36. The number of hydrogen-bond donors (Lipinski definition) is 1. The summed E-state index contributed by atoms with van der Waals surface area (Å²) < 4.78 is 12.4. The van der Waals surface area contributed by atoms with E-state index in [1.807, 2.05) is 31.6 Å². The van der Waals surface area contributed by atoms with Gasteiger partial charge >= 0.3 is 5.97 Å². The molecule has 1 aliphatic rings. The molecule has 8 nitrogen and oxygen atoms in total. The number of aliphatic imine (C=N–C) groups is 1. The number of guanidine groups is 1. The molecule has 0 spiro atoms.